The Morgan fingerprint density at radius 2 is 0.772 bits per heavy atom. The van der Waals surface area contributed by atoms with Gasteiger partial charge in [-0.05, 0) is 102 Å². The molecule has 0 unspecified atom stereocenters. The summed E-state index contributed by atoms with van der Waals surface area (Å²) in [5.41, 5.74) is 13.4. The second kappa shape index (κ2) is 14.7. The molecule has 0 aromatic heterocycles. The van der Waals surface area contributed by atoms with E-state index in [1.807, 2.05) is 18.7 Å². The first-order valence-corrected chi connectivity index (χ1v) is 22.0. The van der Waals surface area contributed by atoms with Crippen molar-refractivity contribution in [3.05, 3.63) is 115 Å². The number of hydrogen-bond acceptors (Lipinski definition) is 5. The number of rotatable bonds is 5. The van der Waals surface area contributed by atoms with E-state index in [1.54, 1.807) is 0 Å². The molecule has 4 aromatic rings. The maximum atomic E-state index is 13.6. The molecule has 0 N–H and O–H groups in total. The van der Waals surface area contributed by atoms with Gasteiger partial charge in [0.05, 0.1) is 0 Å². The van der Waals surface area contributed by atoms with Gasteiger partial charge in [-0.1, -0.05) is 132 Å². The van der Waals surface area contributed by atoms with Crippen LogP contribution in [0.25, 0.3) is 0 Å². The summed E-state index contributed by atoms with van der Waals surface area (Å²) in [5, 5.41) is 0. The third-order valence-electron chi connectivity index (χ3n) is 11.9. The lowest BCUT2D eigenvalue weighted by Crippen LogP contribution is -2.34. The smallest absolute Gasteiger partial charge is 0.483 e. The maximum Gasteiger partial charge on any atom is 0.530 e. The minimum absolute atomic E-state index is 0.0151. The number of amides is 1. The van der Waals surface area contributed by atoms with Crippen molar-refractivity contribution in [1.82, 2.24) is 4.90 Å². The zero-order valence-electron chi connectivity index (χ0n) is 37.0. The second-order valence-electron chi connectivity index (χ2n) is 20.6. The Kier molecular flexibility index (Phi) is 10.6. The van der Waals surface area contributed by atoms with Crippen molar-refractivity contribution in [3.63, 3.8) is 0 Å². The molecular formula is C50H64NO5P. The van der Waals surface area contributed by atoms with Gasteiger partial charge < -0.3 is 23.2 Å². The summed E-state index contributed by atoms with van der Waals surface area (Å²) in [6.45, 7) is 32.6. The number of carbonyl (C=O) groups is 1. The largest absolute Gasteiger partial charge is 0.530 e. The maximum absolute atomic E-state index is 13.6. The number of carbonyl (C=O) groups excluding carboxylic acids is 1. The number of hydrogen-bond donors (Lipinski definition) is 0. The van der Waals surface area contributed by atoms with Crippen LogP contribution >= 0.6 is 8.60 Å². The van der Waals surface area contributed by atoms with Gasteiger partial charge >= 0.3 is 8.60 Å². The van der Waals surface area contributed by atoms with E-state index >= 15 is 0 Å². The second-order valence-corrected chi connectivity index (χ2v) is 21.5. The molecule has 4 aromatic carbocycles. The van der Waals surface area contributed by atoms with Crippen LogP contribution in [0.2, 0.25) is 0 Å². The van der Waals surface area contributed by atoms with Gasteiger partial charge in [0.15, 0.2) is 6.61 Å². The third kappa shape index (κ3) is 8.31. The van der Waals surface area contributed by atoms with E-state index in [2.05, 4.69) is 132 Å². The molecule has 6 bridgehead atoms. The van der Waals surface area contributed by atoms with Gasteiger partial charge in [-0.3, -0.25) is 4.79 Å². The molecule has 7 heteroatoms. The van der Waals surface area contributed by atoms with E-state index in [-0.39, 0.29) is 34.2 Å². The van der Waals surface area contributed by atoms with Crippen LogP contribution < -0.4 is 18.3 Å². The molecule has 7 rings (SSSR count). The molecule has 3 heterocycles. The van der Waals surface area contributed by atoms with E-state index in [4.69, 9.17) is 18.3 Å². The summed E-state index contributed by atoms with van der Waals surface area (Å²) in [6, 6.07) is 18.6. The number of benzene rings is 4. The first-order chi connectivity index (χ1) is 26.5. The van der Waals surface area contributed by atoms with E-state index in [1.165, 1.54) is 22.3 Å². The first-order valence-electron chi connectivity index (χ1n) is 20.9. The van der Waals surface area contributed by atoms with Gasteiger partial charge in [0.2, 0.25) is 0 Å². The van der Waals surface area contributed by atoms with Crippen molar-refractivity contribution in [2.24, 2.45) is 0 Å². The van der Waals surface area contributed by atoms with E-state index < -0.39 is 8.60 Å². The Morgan fingerprint density at radius 1 is 0.509 bits per heavy atom. The fraction of sp³-hybridized carbons (Fsp3) is 0.500. The lowest BCUT2D eigenvalue weighted by molar-refractivity contribution is -0.133. The monoisotopic (exact) mass is 789 g/mol. The molecule has 0 saturated heterocycles. The molecular weight excluding hydrogens is 726 g/mol. The Hall–Kier alpha value is -4.02. The highest BCUT2D eigenvalue weighted by Gasteiger charge is 2.37. The lowest BCUT2D eigenvalue weighted by Gasteiger charge is -2.34. The third-order valence-corrected chi connectivity index (χ3v) is 12.9. The zero-order valence-corrected chi connectivity index (χ0v) is 37.9. The fourth-order valence-corrected chi connectivity index (χ4v) is 9.50. The van der Waals surface area contributed by atoms with Crippen molar-refractivity contribution < 1.29 is 23.1 Å². The summed E-state index contributed by atoms with van der Waals surface area (Å²) >= 11 is 0. The minimum atomic E-state index is -1.89. The molecule has 1 amide bonds. The summed E-state index contributed by atoms with van der Waals surface area (Å²) < 4.78 is 28.1. The van der Waals surface area contributed by atoms with Crippen molar-refractivity contribution in [1.29, 1.82) is 0 Å². The highest BCUT2D eigenvalue weighted by molar-refractivity contribution is 7.43. The Balaban J connectivity index is 1.59. The molecule has 0 spiro atoms. The standard InChI is InChI=1S/C50H64NO5P/c1-15-51(16-2)42(52)29-53-43-30-17-32-23-39(48(6,7)8)25-34-19-36-27-41(50(12,13)14)28-37-20-35-26-40(49(9,10)11)24-33(18-31(43)22-38(21-30)47(3,4)5)45(35)55-57(54-44(32)34)56-46(36)37/h21-28H,15-20,29H2,1-14H3. The molecule has 0 radical (unpaired) electrons. The first kappa shape index (κ1) is 41.2. The van der Waals surface area contributed by atoms with Crippen LogP contribution in [-0.4, -0.2) is 30.5 Å². The molecule has 304 valence electrons. The van der Waals surface area contributed by atoms with Gasteiger partial charge in [0, 0.05) is 38.8 Å². The quantitative estimate of drug-likeness (QED) is 0.166. The predicted octanol–water partition coefficient (Wildman–Crippen LogP) is 12.2. The average molecular weight is 790 g/mol. The summed E-state index contributed by atoms with van der Waals surface area (Å²) in [7, 11) is -1.89. The van der Waals surface area contributed by atoms with E-state index in [0.717, 1.165) is 67.5 Å². The van der Waals surface area contributed by atoms with Gasteiger partial charge in [0.25, 0.3) is 5.91 Å². The normalized spacial score (nSPS) is 15.2. The number of nitrogens with zero attached hydrogens (tertiary/aromatic N) is 1. The van der Waals surface area contributed by atoms with Crippen LogP contribution in [0.1, 0.15) is 164 Å². The number of likely N-dealkylation sites (N-methyl/N-ethyl adjacent to an activating group) is 1. The molecule has 57 heavy (non-hydrogen) atoms. The van der Waals surface area contributed by atoms with Crippen LogP contribution in [0, 0.1) is 0 Å². The molecule has 6 nitrogen and oxygen atoms in total. The van der Waals surface area contributed by atoms with E-state index in [9.17, 15) is 4.79 Å². The lowest BCUT2D eigenvalue weighted by atomic mass is 9.79. The Morgan fingerprint density at radius 3 is 1.04 bits per heavy atom. The van der Waals surface area contributed by atoms with Crippen LogP contribution in [-0.2, 0) is 52.1 Å². The predicted molar refractivity (Wildman–Crippen MR) is 234 cm³/mol. The van der Waals surface area contributed by atoms with Gasteiger partial charge in [-0.2, -0.15) is 0 Å². The van der Waals surface area contributed by atoms with Crippen molar-refractivity contribution in [2.45, 2.75) is 144 Å². The SMILES string of the molecule is CCN(CC)C(=O)COc1c2cc(C(C)(C)C)cc1Cc1cc(C(C)(C)C)cc3c1OP1Oc4c(cc(C(C)(C)C)cc4Cc4cc(C(C)(C)C)cc(c4O1)C3)C2. The van der Waals surface area contributed by atoms with Crippen LogP contribution in [0.5, 0.6) is 23.0 Å². The van der Waals surface area contributed by atoms with Gasteiger partial charge in [-0.25, -0.2) is 0 Å². The van der Waals surface area contributed by atoms with Crippen molar-refractivity contribution >= 4 is 14.5 Å². The molecule has 3 aliphatic heterocycles. The summed E-state index contributed by atoms with van der Waals surface area (Å²) in [4.78, 5) is 15.4. The van der Waals surface area contributed by atoms with E-state index in [0.29, 0.717) is 38.8 Å². The topological polar surface area (TPSA) is 57.2 Å². The molecule has 0 atom stereocenters. The van der Waals surface area contributed by atoms with Crippen molar-refractivity contribution in [2.75, 3.05) is 19.7 Å². The summed E-state index contributed by atoms with van der Waals surface area (Å²) in [5.74, 6) is 3.26. The minimum Gasteiger partial charge on any atom is -0.483 e. The Labute approximate surface area is 343 Å². The van der Waals surface area contributed by atoms with Crippen molar-refractivity contribution in [3.8, 4) is 23.0 Å². The fourth-order valence-electron chi connectivity index (χ4n) is 8.24. The zero-order chi connectivity index (χ0) is 41.4. The Bertz CT molecular complexity index is 2100. The highest BCUT2D eigenvalue weighted by Crippen LogP contribution is 2.55. The number of ether oxygens (including phenoxy) is 1. The van der Waals surface area contributed by atoms with Crippen LogP contribution in [0.4, 0.5) is 0 Å². The van der Waals surface area contributed by atoms with Gasteiger partial charge in [-0.15, -0.1) is 0 Å². The molecule has 0 saturated carbocycles. The highest BCUT2D eigenvalue weighted by atomic mass is 31.2. The van der Waals surface area contributed by atoms with Gasteiger partial charge in [0.1, 0.15) is 23.0 Å². The average Bonchev–Trinajstić information content (AvgIpc) is 3.07. The molecule has 0 aliphatic carbocycles. The van der Waals surface area contributed by atoms with Crippen LogP contribution in [0.3, 0.4) is 0 Å². The van der Waals surface area contributed by atoms with Crippen LogP contribution in [0.15, 0.2) is 48.5 Å². The molecule has 3 aliphatic rings. The summed E-state index contributed by atoms with van der Waals surface area (Å²) in [6.07, 6.45) is 2.44. The molecule has 0 fully saturated rings. The number of fused-ring (bicyclic) bond motifs is 2.